The second-order valence-electron chi connectivity index (χ2n) is 5.62. The molecule has 1 aromatic carbocycles. The summed E-state index contributed by atoms with van der Waals surface area (Å²) in [6, 6.07) is 6.93. The number of halogens is 1. The molecule has 3 aromatic rings. The molecule has 2 amide bonds. The van der Waals surface area contributed by atoms with Gasteiger partial charge in [0.2, 0.25) is 0 Å². The van der Waals surface area contributed by atoms with Crippen LogP contribution in [0.15, 0.2) is 47.1 Å². The monoisotopic (exact) mass is 341 g/mol. The van der Waals surface area contributed by atoms with Gasteiger partial charge in [-0.2, -0.15) is 0 Å². The number of amides is 2. The normalized spacial score (nSPS) is 12.0. The standard InChI is InChI=1S/C18H16FN3O3/c1-10-14-8-12(19)5-6-15(14)25-16(10)11(2)21-17(23)18(24)22-13-4-3-7-20-9-13/h3-9,11H,1-2H3,(H,21,23)(H,22,24)/t11-/m1/s1. The number of furan rings is 1. The number of nitrogens with one attached hydrogen (secondary N) is 2. The Balaban J connectivity index is 1.73. The fourth-order valence-electron chi connectivity index (χ4n) is 2.58. The van der Waals surface area contributed by atoms with Gasteiger partial charge in [-0.25, -0.2) is 4.39 Å². The lowest BCUT2D eigenvalue weighted by Gasteiger charge is -2.12. The molecule has 0 aliphatic carbocycles. The third-order valence-electron chi connectivity index (χ3n) is 3.80. The first-order valence-electron chi connectivity index (χ1n) is 7.66. The van der Waals surface area contributed by atoms with Crippen LogP contribution >= 0.6 is 0 Å². The largest absolute Gasteiger partial charge is 0.459 e. The van der Waals surface area contributed by atoms with Crippen molar-refractivity contribution in [3.8, 4) is 0 Å². The summed E-state index contributed by atoms with van der Waals surface area (Å²) in [5, 5.41) is 5.66. The Hall–Kier alpha value is -3.22. The second kappa shape index (κ2) is 6.72. The van der Waals surface area contributed by atoms with E-state index in [-0.39, 0.29) is 5.82 Å². The van der Waals surface area contributed by atoms with Gasteiger partial charge in [-0.3, -0.25) is 14.6 Å². The van der Waals surface area contributed by atoms with Crippen LogP contribution < -0.4 is 10.6 Å². The lowest BCUT2D eigenvalue weighted by molar-refractivity contribution is -0.136. The van der Waals surface area contributed by atoms with Crippen molar-refractivity contribution in [3.05, 3.63) is 59.9 Å². The van der Waals surface area contributed by atoms with E-state index < -0.39 is 17.9 Å². The van der Waals surface area contributed by atoms with E-state index >= 15 is 0 Å². The molecule has 0 spiro atoms. The van der Waals surface area contributed by atoms with Gasteiger partial charge in [0, 0.05) is 17.1 Å². The maximum Gasteiger partial charge on any atom is 0.313 e. The predicted molar refractivity (Wildman–Crippen MR) is 90.3 cm³/mol. The molecule has 128 valence electrons. The van der Waals surface area contributed by atoms with Crippen LogP contribution in [-0.4, -0.2) is 16.8 Å². The molecule has 0 bridgehead atoms. The predicted octanol–water partition coefficient (Wildman–Crippen LogP) is 3.09. The molecule has 0 fully saturated rings. The molecule has 1 atom stereocenters. The first-order chi connectivity index (χ1) is 12.0. The number of aryl methyl sites for hydroxylation is 1. The third-order valence-corrected chi connectivity index (χ3v) is 3.80. The van der Waals surface area contributed by atoms with E-state index in [0.29, 0.717) is 22.4 Å². The summed E-state index contributed by atoms with van der Waals surface area (Å²) in [5.74, 6) is -1.50. The van der Waals surface area contributed by atoms with Crippen LogP contribution in [0.3, 0.4) is 0 Å². The number of benzene rings is 1. The van der Waals surface area contributed by atoms with Gasteiger partial charge in [0.25, 0.3) is 0 Å². The first-order valence-corrected chi connectivity index (χ1v) is 7.66. The number of nitrogens with zero attached hydrogens (tertiary/aromatic N) is 1. The summed E-state index contributed by atoms with van der Waals surface area (Å²) >= 11 is 0. The highest BCUT2D eigenvalue weighted by atomic mass is 19.1. The molecule has 0 saturated carbocycles. The zero-order chi connectivity index (χ0) is 18.0. The van der Waals surface area contributed by atoms with E-state index in [1.54, 1.807) is 32.2 Å². The van der Waals surface area contributed by atoms with Gasteiger partial charge in [-0.15, -0.1) is 0 Å². The minimum absolute atomic E-state index is 0.365. The van der Waals surface area contributed by atoms with Crippen LogP contribution in [0.1, 0.15) is 24.3 Å². The minimum Gasteiger partial charge on any atom is -0.459 e. The van der Waals surface area contributed by atoms with Gasteiger partial charge in [0.15, 0.2) is 0 Å². The van der Waals surface area contributed by atoms with Gasteiger partial charge >= 0.3 is 11.8 Å². The quantitative estimate of drug-likeness (QED) is 0.717. The van der Waals surface area contributed by atoms with Crippen molar-refractivity contribution in [2.75, 3.05) is 5.32 Å². The Morgan fingerprint density at radius 3 is 2.76 bits per heavy atom. The van der Waals surface area contributed by atoms with Crippen LogP contribution in [0.2, 0.25) is 0 Å². The van der Waals surface area contributed by atoms with Crippen molar-refractivity contribution < 1.29 is 18.4 Å². The zero-order valence-corrected chi connectivity index (χ0v) is 13.7. The summed E-state index contributed by atoms with van der Waals surface area (Å²) in [4.78, 5) is 27.9. The number of hydrogen-bond donors (Lipinski definition) is 2. The smallest absolute Gasteiger partial charge is 0.313 e. The molecule has 2 aromatic heterocycles. The van der Waals surface area contributed by atoms with E-state index in [9.17, 15) is 14.0 Å². The van der Waals surface area contributed by atoms with E-state index in [4.69, 9.17) is 4.42 Å². The molecule has 0 unspecified atom stereocenters. The Morgan fingerprint density at radius 2 is 2.04 bits per heavy atom. The Morgan fingerprint density at radius 1 is 1.24 bits per heavy atom. The second-order valence-corrected chi connectivity index (χ2v) is 5.62. The van der Waals surface area contributed by atoms with Gasteiger partial charge < -0.3 is 15.1 Å². The van der Waals surface area contributed by atoms with Crippen LogP contribution in [0.25, 0.3) is 11.0 Å². The van der Waals surface area contributed by atoms with Crippen molar-refractivity contribution in [2.24, 2.45) is 0 Å². The average Bonchev–Trinajstić information content (AvgIpc) is 2.92. The molecule has 7 heteroatoms. The fourth-order valence-corrected chi connectivity index (χ4v) is 2.58. The number of pyridine rings is 1. The highest BCUT2D eigenvalue weighted by Gasteiger charge is 2.22. The highest BCUT2D eigenvalue weighted by molar-refractivity contribution is 6.39. The van der Waals surface area contributed by atoms with Gasteiger partial charge in [-0.1, -0.05) is 0 Å². The lowest BCUT2D eigenvalue weighted by atomic mass is 10.1. The Kier molecular flexibility index (Phi) is 4.47. The van der Waals surface area contributed by atoms with Crippen LogP contribution in [0.4, 0.5) is 10.1 Å². The number of rotatable bonds is 3. The molecule has 0 radical (unpaired) electrons. The summed E-state index contributed by atoms with van der Waals surface area (Å²) in [7, 11) is 0. The van der Waals surface area contributed by atoms with Gasteiger partial charge in [0.1, 0.15) is 17.2 Å². The molecular formula is C18H16FN3O3. The molecule has 3 rings (SSSR count). The van der Waals surface area contributed by atoms with Crippen LogP contribution in [0, 0.1) is 12.7 Å². The van der Waals surface area contributed by atoms with Crippen molar-refractivity contribution in [1.29, 1.82) is 0 Å². The van der Waals surface area contributed by atoms with E-state index in [1.165, 1.54) is 24.4 Å². The van der Waals surface area contributed by atoms with E-state index in [2.05, 4.69) is 15.6 Å². The number of carbonyl (C=O) groups excluding carboxylic acids is 2. The SMILES string of the molecule is Cc1c([C@@H](C)NC(=O)C(=O)Nc2cccnc2)oc2ccc(F)cc12. The van der Waals surface area contributed by atoms with Crippen molar-refractivity contribution in [3.63, 3.8) is 0 Å². The third kappa shape index (κ3) is 3.50. The van der Waals surface area contributed by atoms with E-state index in [0.717, 1.165) is 5.56 Å². The average molecular weight is 341 g/mol. The van der Waals surface area contributed by atoms with Crippen LogP contribution in [0.5, 0.6) is 0 Å². The highest BCUT2D eigenvalue weighted by Crippen LogP contribution is 2.29. The molecular weight excluding hydrogens is 325 g/mol. The summed E-state index contributed by atoms with van der Waals surface area (Å²) in [6.45, 7) is 3.47. The topological polar surface area (TPSA) is 84.2 Å². The molecule has 0 aliphatic rings. The fraction of sp³-hybridized carbons (Fsp3) is 0.167. The van der Waals surface area contributed by atoms with E-state index in [1.807, 2.05) is 0 Å². The number of hydrogen-bond acceptors (Lipinski definition) is 4. The van der Waals surface area contributed by atoms with Crippen molar-refractivity contribution in [1.82, 2.24) is 10.3 Å². The molecule has 25 heavy (non-hydrogen) atoms. The number of anilines is 1. The summed E-state index contributed by atoms with van der Waals surface area (Å²) in [5.41, 5.74) is 1.66. The van der Waals surface area contributed by atoms with Gasteiger partial charge in [-0.05, 0) is 44.2 Å². The van der Waals surface area contributed by atoms with Crippen molar-refractivity contribution >= 4 is 28.5 Å². The maximum absolute atomic E-state index is 13.4. The first kappa shape index (κ1) is 16.6. The maximum atomic E-state index is 13.4. The summed E-state index contributed by atoms with van der Waals surface area (Å²) in [6.07, 6.45) is 3.00. The summed E-state index contributed by atoms with van der Waals surface area (Å²) < 4.78 is 19.1. The molecule has 0 saturated heterocycles. The number of aromatic nitrogens is 1. The molecule has 0 aliphatic heterocycles. The Bertz CT molecular complexity index is 937. The number of carbonyl (C=O) groups is 2. The van der Waals surface area contributed by atoms with Gasteiger partial charge in [0.05, 0.1) is 17.9 Å². The molecule has 2 heterocycles. The Labute approximate surface area is 143 Å². The molecule has 6 nitrogen and oxygen atoms in total. The van der Waals surface area contributed by atoms with Crippen LogP contribution in [-0.2, 0) is 9.59 Å². The van der Waals surface area contributed by atoms with Crippen molar-refractivity contribution in [2.45, 2.75) is 19.9 Å². The lowest BCUT2D eigenvalue weighted by Crippen LogP contribution is -2.37. The minimum atomic E-state index is -0.806. The zero-order valence-electron chi connectivity index (χ0n) is 13.7. The molecule has 2 N–H and O–H groups in total. The number of fused-ring (bicyclic) bond motifs is 1.